The second-order valence-electron chi connectivity index (χ2n) is 4.67. The zero-order valence-corrected chi connectivity index (χ0v) is 12.6. The lowest BCUT2D eigenvalue weighted by molar-refractivity contribution is 0.138. The van der Waals surface area contributed by atoms with Crippen LogP contribution in [0.2, 0.25) is 0 Å². The summed E-state index contributed by atoms with van der Waals surface area (Å²) in [5, 5.41) is 3.53. The van der Waals surface area contributed by atoms with Gasteiger partial charge in [0.25, 0.3) is 0 Å². The molecule has 1 rings (SSSR count). The summed E-state index contributed by atoms with van der Waals surface area (Å²) in [6.45, 7) is 7.48. The van der Waals surface area contributed by atoms with Crippen molar-refractivity contribution in [2.45, 2.75) is 52.2 Å². The van der Waals surface area contributed by atoms with Gasteiger partial charge >= 0.3 is 0 Å². The van der Waals surface area contributed by atoms with Gasteiger partial charge in [0.2, 0.25) is 0 Å². The Hall–Kier alpha value is -1.22. The molecule has 108 valence electrons. The average molecular weight is 265 g/mol. The molecule has 0 heterocycles. The highest BCUT2D eigenvalue weighted by atomic mass is 16.5. The topological polar surface area (TPSA) is 30.5 Å². The first kappa shape index (κ1) is 15.8. The van der Waals surface area contributed by atoms with Crippen LogP contribution in [0.15, 0.2) is 24.3 Å². The molecule has 2 atom stereocenters. The van der Waals surface area contributed by atoms with Gasteiger partial charge in [0.15, 0.2) is 11.5 Å². The van der Waals surface area contributed by atoms with E-state index in [1.165, 1.54) is 0 Å². The van der Waals surface area contributed by atoms with Crippen LogP contribution in [0, 0.1) is 0 Å². The average Bonchev–Trinajstić information content (AvgIpc) is 2.45. The van der Waals surface area contributed by atoms with Crippen molar-refractivity contribution in [3.05, 3.63) is 24.3 Å². The molecule has 0 radical (unpaired) electrons. The van der Waals surface area contributed by atoms with Crippen molar-refractivity contribution in [1.82, 2.24) is 5.32 Å². The van der Waals surface area contributed by atoms with Crippen LogP contribution in [0.4, 0.5) is 0 Å². The molecule has 3 heteroatoms. The van der Waals surface area contributed by atoms with E-state index in [1.807, 2.05) is 24.3 Å². The molecule has 0 spiro atoms. The van der Waals surface area contributed by atoms with E-state index in [4.69, 9.17) is 9.47 Å². The standard InChI is InChI=1S/C16H27NO2/c1-5-10-13(17-7-3)14(6-2)19-16-12-9-8-11-15(16)18-4/h8-9,11-14,17H,5-7,10H2,1-4H3. The molecule has 0 aliphatic heterocycles. The van der Waals surface area contributed by atoms with Crippen LogP contribution < -0.4 is 14.8 Å². The van der Waals surface area contributed by atoms with Gasteiger partial charge in [-0.1, -0.05) is 39.3 Å². The highest BCUT2D eigenvalue weighted by Crippen LogP contribution is 2.28. The SMILES string of the molecule is CCCC(NCC)C(CC)Oc1ccccc1OC. The van der Waals surface area contributed by atoms with Crippen molar-refractivity contribution >= 4 is 0 Å². The van der Waals surface area contributed by atoms with Crippen molar-refractivity contribution in [3.63, 3.8) is 0 Å². The van der Waals surface area contributed by atoms with Crippen LogP contribution in [0.3, 0.4) is 0 Å². The van der Waals surface area contributed by atoms with Gasteiger partial charge in [0, 0.05) is 6.04 Å². The van der Waals surface area contributed by atoms with Gasteiger partial charge in [0.05, 0.1) is 7.11 Å². The Labute approximate surface area is 117 Å². The van der Waals surface area contributed by atoms with Gasteiger partial charge < -0.3 is 14.8 Å². The Morgan fingerprint density at radius 1 is 1.11 bits per heavy atom. The second kappa shape index (κ2) is 8.81. The van der Waals surface area contributed by atoms with Crippen LogP contribution in [-0.4, -0.2) is 25.8 Å². The molecule has 0 fully saturated rings. The minimum atomic E-state index is 0.177. The molecular formula is C16H27NO2. The van der Waals surface area contributed by atoms with Gasteiger partial charge in [-0.15, -0.1) is 0 Å². The van der Waals surface area contributed by atoms with Gasteiger partial charge in [-0.2, -0.15) is 0 Å². The molecule has 0 saturated heterocycles. The Morgan fingerprint density at radius 2 is 1.79 bits per heavy atom. The first-order valence-electron chi connectivity index (χ1n) is 7.29. The molecule has 0 aliphatic carbocycles. The van der Waals surface area contributed by atoms with Crippen molar-refractivity contribution in [2.24, 2.45) is 0 Å². The highest BCUT2D eigenvalue weighted by Gasteiger charge is 2.21. The van der Waals surface area contributed by atoms with Crippen LogP contribution in [0.1, 0.15) is 40.0 Å². The van der Waals surface area contributed by atoms with Crippen molar-refractivity contribution in [1.29, 1.82) is 0 Å². The zero-order valence-electron chi connectivity index (χ0n) is 12.6. The lowest BCUT2D eigenvalue weighted by Gasteiger charge is -2.28. The molecule has 0 amide bonds. The van der Waals surface area contributed by atoms with Crippen LogP contribution >= 0.6 is 0 Å². The molecule has 19 heavy (non-hydrogen) atoms. The number of ether oxygens (including phenoxy) is 2. The molecule has 0 saturated carbocycles. The number of nitrogens with one attached hydrogen (secondary N) is 1. The number of likely N-dealkylation sites (N-methyl/N-ethyl adjacent to an activating group) is 1. The largest absolute Gasteiger partial charge is 0.493 e. The van der Waals surface area contributed by atoms with Gasteiger partial charge in [-0.25, -0.2) is 0 Å². The molecule has 2 unspecified atom stereocenters. The predicted octanol–water partition coefficient (Wildman–Crippen LogP) is 3.63. The third-order valence-corrected chi connectivity index (χ3v) is 3.26. The molecule has 1 aromatic carbocycles. The van der Waals surface area contributed by atoms with E-state index in [1.54, 1.807) is 7.11 Å². The number of para-hydroxylation sites is 2. The smallest absolute Gasteiger partial charge is 0.161 e. The number of hydrogen-bond acceptors (Lipinski definition) is 3. The molecule has 0 aromatic heterocycles. The summed E-state index contributed by atoms with van der Waals surface area (Å²) in [6, 6.07) is 8.23. The minimum Gasteiger partial charge on any atom is -0.493 e. The van der Waals surface area contributed by atoms with Gasteiger partial charge in [0.1, 0.15) is 6.10 Å². The quantitative estimate of drug-likeness (QED) is 0.739. The molecule has 3 nitrogen and oxygen atoms in total. The Morgan fingerprint density at radius 3 is 2.32 bits per heavy atom. The van der Waals surface area contributed by atoms with Gasteiger partial charge in [-0.05, 0) is 31.5 Å². The summed E-state index contributed by atoms with van der Waals surface area (Å²) < 4.78 is 11.5. The second-order valence-corrected chi connectivity index (χ2v) is 4.67. The van der Waals surface area contributed by atoms with E-state index in [-0.39, 0.29) is 6.10 Å². The molecule has 1 aromatic rings. The van der Waals surface area contributed by atoms with E-state index in [9.17, 15) is 0 Å². The molecule has 1 N–H and O–H groups in total. The predicted molar refractivity (Wildman–Crippen MR) is 80.1 cm³/mol. The Kier molecular flexibility index (Phi) is 7.34. The van der Waals surface area contributed by atoms with E-state index in [0.29, 0.717) is 6.04 Å². The van der Waals surface area contributed by atoms with E-state index >= 15 is 0 Å². The van der Waals surface area contributed by atoms with E-state index < -0.39 is 0 Å². The summed E-state index contributed by atoms with van der Waals surface area (Å²) in [7, 11) is 1.68. The fourth-order valence-electron chi connectivity index (χ4n) is 2.32. The maximum absolute atomic E-state index is 6.17. The first-order valence-corrected chi connectivity index (χ1v) is 7.29. The number of hydrogen-bond donors (Lipinski definition) is 1. The molecular weight excluding hydrogens is 238 g/mol. The lowest BCUT2D eigenvalue weighted by atomic mass is 10.0. The Bertz CT molecular complexity index is 348. The summed E-state index contributed by atoms with van der Waals surface area (Å²) in [5.41, 5.74) is 0. The number of methoxy groups -OCH3 is 1. The summed E-state index contributed by atoms with van der Waals surface area (Å²) in [5.74, 6) is 1.63. The van der Waals surface area contributed by atoms with E-state index in [2.05, 4.69) is 26.1 Å². The van der Waals surface area contributed by atoms with Crippen LogP contribution in [-0.2, 0) is 0 Å². The Balaban J connectivity index is 2.78. The van der Waals surface area contributed by atoms with Crippen LogP contribution in [0.25, 0.3) is 0 Å². The maximum atomic E-state index is 6.17. The van der Waals surface area contributed by atoms with Crippen LogP contribution in [0.5, 0.6) is 11.5 Å². The first-order chi connectivity index (χ1) is 9.26. The van der Waals surface area contributed by atoms with Crippen molar-refractivity contribution < 1.29 is 9.47 Å². The minimum absolute atomic E-state index is 0.177. The third-order valence-electron chi connectivity index (χ3n) is 3.26. The van der Waals surface area contributed by atoms with E-state index in [0.717, 1.165) is 37.3 Å². The lowest BCUT2D eigenvalue weighted by Crippen LogP contribution is -2.42. The fraction of sp³-hybridized carbons (Fsp3) is 0.625. The fourth-order valence-corrected chi connectivity index (χ4v) is 2.32. The highest BCUT2D eigenvalue weighted by molar-refractivity contribution is 5.39. The zero-order chi connectivity index (χ0) is 14.1. The van der Waals surface area contributed by atoms with Crippen molar-refractivity contribution in [2.75, 3.05) is 13.7 Å². The number of rotatable bonds is 9. The normalized spacial score (nSPS) is 13.9. The molecule has 0 bridgehead atoms. The summed E-state index contributed by atoms with van der Waals surface area (Å²) in [4.78, 5) is 0. The maximum Gasteiger partial charge on any atom is 0.161 e. The summed E-state index contributed by atoms with van der Waals surface area (Å²) >= 11 is 0. The monoisotopic (exact) mass is 265 g/mol. The summed E-state index contributed by atoms with van der Waals surface area (Å²) in [6.07, 6.45) is 3.44. The molecule has 0 aliphatic rings. The van der Waals surface area contributed by atoms with Crippen molar-refractivity contribution in [3.8, 4) is 11.5 Å². The van der Waals surface area contributed by atoms with Gasteiger partial charge in [-0.3, -0.25) is 0 Å². The third kappa shape index (κ3) is 4.75. The number of benzene rings is 1.